The minimum absolute atomic E-state index is 0.0293. The highest BCUT2D eigenvalue weighted by Crippen LogP contribution is 2.35. The predicted octanol–water partition coefficient (Wildman–Crippen LogP) is 0.191. The second-order valence-corrected chi connectivity index (χ2v) is 5.81. The van der Waals surface area contributed by atoms with Gasteiger partial charge in [0.1, 0.15) is 18.3 Å². The summed E-state index contributed by atoms with van der Waals surface area (Å²) in [5.74, 6) is -1.13. The number of carbonyl (C=O) groups excluding carboxylic acids is 1. The molecule has 9 heteroatoms. The van der Waals surface area contributed by atoms with E-state index in [-0.39, 0.29) is 11.5 Å². The molecule has 6 nitrogen and oxygen atoms in total. The zero-order valence-corrected chi connectivity index (χ0v) is 11.0. The lowest BCUT2D eigenvalue weighted by atomic mass is 10.0. The van der Waals surface area contributed by atoms with Crippen molar-refractivity contribution in [3.05, 3.63) is 23.8 Å². The largest absolute Gasteiger partial charge is 0.492 e. The molecule has 0 saturated heterocycles. The first-order valence-corrected chi connectivity index (χ1v) is 7.19. The number of primary sulfonamides is 1. The number of hydrogen-bond acceptors (Lipinski definition) is 4. The standard InChI is InChI=1S/C11H12F2N2O4S/c12-10(13)4-15-11(16)8-5-19-9-2-1-6(3-7(8)9)20(14,17)18/h1-3,8,10H,4-5H2,(H,15,16)(H2,14,17,18). The molecule has 0 aliphatic carbocycles. The molecule has 0 aromatic heterocycles. The first kappa shape index (κ1) is 14.7. The Morgan fingerprint density at radius 1 is 1.50 bits per heavy atom. The van der Waals surface area contributed by atoms with Crippen LogP contribution in [0.3, 0.4) is 0 Å². The summed E-state index contributed by atoms with van der Waals surface area (Å²) in [4.78, 5) is 11.6. The van der Waals surface area contributed by atoms with Crippen LogP contribution in [0.25, 0.3) is 0 Å². The van der Waals surface area contributed by atoms with Gasteiger partial charge in [-0.15, -0.1) is 0 Å². The van der Waals surface area contributed by atoms with Gasteiger partial charge >= 0.3 is 0 Å². The Kier molecular flexibility index (Phi) is 3.91. The molecule has 1 atom stereocenters. The number of nitrogens with two attached hydrogens (primary N) is 1. The third kappa shape index (κ3) is 3.05. The van der Waals surface area contributed by atoms with Crippen molar-refractivity contribution in [2.75, 3.05) is 13.2 Å². The predicted molar refractivity (Wildman–Crippen MR) is 65.1 cm³/mol. The maximum Gasteiger partial charge on any atom is 0.255 e. The Morgan fingerprint density at radius 2 is 2.20 bits per heavy atom. The molecule has 0 saturated carbocycles. The Labute approximate surface area is 114 Å². The van der Waals surface area contributed by atoms with Crippen LogP contribution < -0.4 is 15.2 Å². The van der Waals surface area contributed by atoms with E-state index in [1.54, 1.807) is 0 Å². The van der Waals surface area contributed by atoms with Crippen LogP contribution in [0.1, 0.15) is 11.5 Å². The third-order valence-electron chi connectivity index (χ3n) is 2.84. The van der Waals surface area contributed by atoms with E-state index in [1.807, 2.05) is 0 Å². The van der Waals surface area contributed by atoms with Gasteiger partial charge in [0, 0.05) is 5.56 Å². The highest BCUT2D eigenvalue weighted by molar-refractivity contribution is 7.89. The number of hydrogen-bond donors (Lipinski definition) is 2. The smallest absolute Gasteiger partial charge is 0.255 e. The lowest BCUT2D eigenvalue weighted by Gasteiger charge is -2.10. The minimum Gasteiger partial charge on any atom is -0.492 e. The normalized spacial score (nSPS) is 17.7. The van der Waals surface area contributed by atoms with Gasteiger partial charge in [-0.05, 0) is 18.2 Å². The average molecular weight is 306 g/mol. The van der Waals surface area contributed by atoms with Gasteiger partial charge < -0.3 is 10.1 Å². The molecule has 1 unspecified atom stereocenters. The molecule has 110 valence electrons. The average Bonchev–Trinajstić information content (AvgIpc) is 2.77. The van der Waals surface area contributed by atoms with Crippen LogP contribution >= 0.6 is 0 Å². The second-order valence-electron chi connectivity index (χ2n) is 4.24. The summed E-state index contributed by atoms with van der Waals surface area (Å²) in [5, 5.41) is 7.08. The Hall–Kier alpha value is -1.74. The molecule has 20 heavy (non-hydrogen) atoms. The number of fused-ring (bicyclic) bond motifs is 1. The number of benzene rings is 1. The number of nitrogens with one attached hydrogen (secondary N) is 1. The van der Waals surface area contributed by atoms with E-state index in [4.69, 9.17) is 9.88 Å². The van der Waals surface area contributed by atoms with Crippen molar-refractivity contribution in [1.82, 2.24) is 5.32 Å². The quantitative estimate of drug-likeness (QED) is 0.829. The number of amides is 1. The highest BCUT2D eigenvalue weighted by atomic mass is 32.2. The summed E-state index contributed by atoms with van der Waals surface area (Å²) in [7, 11) is -3.91. The summed E-state index contributed by atoms with van der Waals surface area (Å²) in [6.45, 7) is -0.794. The van der Waals surface area contributed by atoms with Gasteiger partial charge in [-0.3, -0.25) is 4.79 Å². The van der Waals surface area contributed by atoms with Crippen molar-refractivity contribution in [3.8, 4) is 5.75 Å². The monoisotopic (exact) mass is 306 g/mol. The number of rotatable bonds is 4. The van der Waals surface area contributed by atoms with Crippen LogP contribution in [0.5, 0.6) is 5.75 Å². The Bertz CT molecular complexity index is 633. The van der Waals surface area contributed by atoms with Crippen molar-refractivity contribution in [3.63, 3.8) is 0 Å². The molecule has 1 aromatic carbocycles. The topological polar surface area (TPSA) is 98.5 Å². The van der Waals surface area contributed by atoms with E-state index in [1.165, 1.54) is 18.2 Å². The number of ether oxygens (including phenoxy) is 1. The van der Waals surface area contributed by atoms with Crippen LogP contribution in [0.4, 0.5) is 8.78 Å². The zero-order chi connectivity index (χ0) is 14.9. The SMILES string of the molecule is NS(=O)(=O)c1ccc2c(c1)C(C(=O)NCC(F)F)CO2. The van der Waals surface area contributed by atoms with E-state index in [0.717, 1.165) is 0 Å². The van der Waals surface area contributed by atoms with Gasteiger partial charge in [-0.2, -0.15) is 0 Å². The van der Waals surface area contributed by atoms with Crippen molar-refractivity contribution in [1.29, 1.82) is 0 Å². The molecule has 1 aliphatic heterocycles. The fraction of sp³-hybridized carbons (Fsp3) is 0.364. The molecule has 2 rings (SSSR count). The molecule has 0 bridgehead atoms. The Balaban J connectivity index is 2.25. The first-order valence-electron chi connectivity index (χ1n) is 5.64. The van der Waals surface area contributed by atoms with E-state index >= 15 is 0 Å². The van der Waals surface area contributed by atoms with Crippen molar-refractivity contribution in [2.45, 2.75) is 17.2 Å². The third-order valence-corrected chi connectivity index (χ3v) is 3.75. The molecule has 1 heterocycles. The van der Waals surface area contributed by atoms with Crippen molar-refractivity contribution in [2.24, 2.45) is 5.14 Å². The molecule has 0 fully saturated rings. The minimum atomic E-state index is -3.91. The lowest BCUT2D eigenvalue weighted by molar-refractivity contribution is -0.123. The van der Waals surface area contributed by atoms with Gasteiger partial charge in [0.05, 0.1) is 11.4 Å². The summed E-state index contributed by atoms with van der Waals surface area (Å²) < 4.78 is 51.9. The number of carbonyl (C=O) groups is 1. The van der Waals surface area contributed by atoms with Crippen LogP contribution in [0.15, 0.2) is 23.1 Å². The maximum atomic E-state index is 12.1. The van der Waals surface area contributed by atoms with Crippen molar-refractivity contribution >= 4 is 15.9 Å². The molecular weight excluding hydrogens is 294 g/mol. The van der Waals surface area contributed by atoms with Crippen LogP contribution in [0.2, 0.25) is 0 Å². The van der Waals surface area contributed by atoms with Gasteiger partial charge in [0.25, 0.3) is 6.43 Å². The molecular formula is C11H12F2N2O4S. The fourth-order valence-electron chi connectivity index (χ4n) is 1.89. The first-order chi connectivity index (χ1) is 9.29. The van der Waals surface area contributed by atoms with E-state index in [2.05, 4.69) is 5.32 Å². The number of alkyl halides is 2. The van der Waals surface area contributed by atoms with Crippen LogP contribution in [-0.4, -0.2) is 33.9 Å². The molecule has 1 aromatic rings. The second kappa shape index (κ2) is 5.33. The number of sulfonamides is 1. The fourth-order valence-corrected chi connectivity index (χ4v) is 2.44. The van der Waals surface area contributed by atoms with E-state index in [9.17, 15) is 22.0 Å². The Morgan fingerprint density at radius 3 is 2.80 bits per heavy atom. The maximum absolute atomic E-state index is 12.1. The van der Waals surface area contributed by atoms with Gasteiger partial charge in [-0.1, -0.05) is 0 Å². The molecule has 0 radical (unpaired) electrons. The van der Waals surface area contributed by atoms with Gasteiger partial charge in [0.15, 0.2) is 0 Å². The van der Waals surface area contributed by atoms with Crippen LogP contribution in [-0.2, 0) is 14.8 Å². The molecule has 1 amide bonds. The molecule has 3 N–H and O–H groups in total. The highest BCUT2D eigenvalue weighted by Gasteiger charge is 2.31. The van der Waals surface area contributed by atoms with Gasteiger partial charge in [0.2, 0.25) is 15.9 Å². The summed E-state index contributed by atoms with van der Waals surface area (Å²) in [6.07, 6.45) is -2.66. The number of halogens is 2. The molecule has 0 spiro atoms. The van der Waals surface area contributed by atoms with Gasteiger partial charge in [-0.25, -0.2) is 22.3 Å². The summed E-state index contributed by atoms with van der Waals surface area (Å²) >= 11 is 0. The van der Waals surface area contributed by atoms with E-state index < -0.39 is 34.8 Å². The van der Waals surface area contributed by atoms with E-state index in [0.29, 0.717) is 11.3 Å². The summed E-state index contributed by atoms with van der Waals surface area (Å²) in [5.41, 5.74) is 0.322. The lowest BCUT2D eigenvalue weighted by Crippen LogP contribution is -2.33. The van der Waals surface area contributed by atoms with Crippen molar-refractivity contribution < 1.29 is 26.7 Å². The summed E-state index contributed by atoms with van der Waals surface area (Å²) in [6, 6.07) is 3.87. The van der Waals surface area contributed by atoms with Crippen LogP contribution in [0, 0.1) is 0 Å². The zero-order valence-electron chi connectivity index (χ0n) is 10.2. The molecule has 1 aliphatic rings.